The third-order valence-electron chi connectivity index (χ3n) is 7.76. The van der Waals surface area contributed by atoms with Crippen molar-refractivity contribution in [3.05, 3.63) is 77.6 Å². The monoisotopic (exact) mass is 571 g/mol. The molecule has 9 nitrogen and oxygen atoms in total. The zero-order chi connectivity index (χ0) is 28.7. The number of anilines is 1. The zero-order valence-electron chi connectivity index (χ0n) is 23.4. The summed E-state index contributed by atoms with van der Waals surface area (Å²) in [6, 6.07) is 16.7. The number of pyridine rings is 3. The fourth-order valence-corrected chi connectivity index (χ4v) is 7.45. The maximum atomic E-state index is 12.9. The second kappa shape index (κ2) is 10.8. The van der Waals surface area contributed by atoms with Crippen LogP contribution in [-0.4, -0.2) is 60.3 Å². The predicted molar refractivity (Wildman–Crippen MR) is 158 cm³/mol. The van der Waals surface area contributed by atoms with Crippen molar-refractivity contribution < 1.29 is 17.9 Å². The molecule has 0 unspecified atom stereocenters. The Labute approximate surface area is 239 Å². The second-order valence-electron chi connectivity index (χ2n) is 11.1. The van der Waals surface area contributed by atoms with Crippen molar-refractivity contribution >= 4 is 32.5 Å². The van der Waals surface area contributed by atoms with Gasteiger partial charge in [0.15, 0.2) is 9.84 Å². The number of benzene rings is 1. The lowest BCUT2D eigenvalue weighted by atomic mass is 9.97. The molecule has 10 heteroatoms. The van der Waals surface area contributed by atoms with Crippen LogP contribution in [0.1, 0.15) is 54.7 Å². The van der Waals surface area contributed by atoms with E-state index >= 15 is 0 Å². The lowest BCUT2D eigenvalue weighted by molar-refractivity contribution is -0.00545. The van der Waals surface area contributed by atoms with Crippen molar-refractivity contribution in [3.8, 4) is 11.4 Å². The van der Waals surface area contributed by atoms with E-state index in [9.17, 15) is 13.2 Å². The smallest absolute Gasteiger partial charge is 0.251 e. The van der Waals surface area contributed by atoms with Crippen LogP contribution in [0, 0.1) is 0 Å². The van der Waals surface area contributed by atoms with Crippen LogP contribution in [0.2, 0.25) is 0 Å². The maximum Gasteiger partial charge on any atom is 0.251 e. The molecule has 212 valence electrons. The largest absolute Gasteiger partial charge is 0.372 e. The summed E-state index contributed by atoms with van der Waals surface area (Å²) in [4.78, 5) is 29.7. The van der Waals surface area contributed by atoms with Crippen molar-refractivity contribution in [2.45, 2.75) is 56.8 Å². The third-order valence-corrected chi connectivity index (χ3v) is 9.56. The Morgan fingerprint density at radius 3 is 2.59 bits per heavy atom. The van der Waals surface area contributed by atoms with Crippen LogP contribution in [0.15, 0.2) is 65.7 Å². The Hall–Kier alpha value is -3.89. The summed E-state index contributed by atoms with van der Waals surface area (Å²) in [5, 5.41) is 3.75. The molecule has 0 aliphatic carbocycles. The molecular formula is C31H33N5O4S. The number of amides is 1. The topological polar surface area (TPSA) is 114 Å². The minimum absolute atomic E-state index is 0.105. The first-order valence-electron chi connectivity index (χ1n) is 13.9. The number of carbonyl (C=O) groups excluding carboxylic acids is 1. The van der Waals surface area contributed by atoms with Crippen molar-refractivity contribution in [1.29, 1.82) is 0 Å². The number of sulfone groups is 1. The highest BCUT2D eigenvalue weighted by Crippen LogP contribution is 2.34. The molecule has 3 aromatic heterocycles. The van der Waals surface area contributed by atoms with Crippen LogP contribution in [-0.2, 0) is 21.1 Å². The molecule has 3 atom stereocenters. The molecule has 1 fully saturated rings. The first-order valence-corrected chi connectivity index (χ1v) is 15.6. The minimum atomic E-state index is -3.38. The molecule has 2 aliphatic heterocycles. The van der Waals surface area contributed by atoms with E-state index in [0.717, 1.165) is 46.8 Å². The highest BCUT2D eigenvalue weighted by molar-refractivity contribution is 7.91. The standard InChI is InChI=1S/C31H33N5O4S/c1-19-11-12-41(38,39)29-13-22(7-9-25(19)29)31(37)33-16-24-14-28-23(15-32-24)8-10-27(34-28)26-5-4-6-30(35-26)36-17-20(2)40-21(3)18-36/h4-10,13-15,19-21H,11-12,16-18H2,1-3H3,(H,33,37)/t19-,20-,21+/m0/s1. The Morgan fingerprint density at radius 1 is 1.00 bits per heavy atom. The third kappa shape index (κ3) is 5.67. The summed E-state index contributed by atoms with van der Waals surface area (Å²) in [6.07, 6.45) is 2.61. The van der Waals surface area contributed by atoms with Crippen LogP contribution in [0.25, 0.3) is 22.3 Å². The van der Waals surface area contributed by atoms with Gasteiger partial charge in [0.25, 0.3) is 5.91 Å². The van der Waals surface area contributed by atoms with Crippen molar-refractivity contribution in [2.75, 3.05) is 23.7 Å². The first kappa shape index (κ1) is 27.3. The molecule has 0 radical (unpaired) electrons. The second-order valence-corrected chi connectivity index (χ2v) is 13.1. The summed E-state index contributed by atoms with van der Waals surface area (Å²) >= 11 is 0. The van der Waals surface area contributed by atoms with E-state index in [1.54, 1.807) is 18.3 Å². The summed E-state index contributed by atoms with van der Waals surface area (Å²) < 4.78 is 31.1. The molecule has 0 saturated carbocycles. The van der Waals surface area contributed by atoms with Crippen molar-refractivity contribution in [2.24, 2.45) is 0 Å². The van der Waals surface area contributed by atoms with Crippen molar-refractivity contribution in [3.63, 3.8) is 0 Å². The fourth-order valence-electron chi connectivity index (χ4n) is 5.63. The number of fused-ring (bicyclic) bond motifs is 2. The van der Waals surface area contributed by atoms with Crippen LogP contribution in [0.5, 0.6) is 0 Å². The van der Waals surface area contributed by atoms with Gasteiger partial charge in [-0.3, -0.25) is 9.78 Å². The fraction of sp³-hybridized carbons (Fsp3) is 0.355. The number of aromatic nitrogens is 3. The van der Waals surface area contributed by atoms with E-state index in [1.165, 1.54) is 6.07 Å². The highest BCUT2D eigenvalue weighted by atomic mass is 32.2. The Bertz CT molecular complexity index is 1730. The molecule has 1 amide bonds. The van der Waals surface area contributed by atoms with Gasteiger partial charge in [-0.1, -0.05) is 19.1 Å². The van der Waals surface area contributed by atoms with Crippen LogP contribution in [0.3, 0.4) is 0 Å². The lowest BCUT2D eigenvalue weighted by Crippen LogP contribution is -2.45. The van der Waals surface area contributed by atoms with Gasteiger partial charge < -0.3 is 15.0 Å². The number of hydrogen-bond donors (Lipinski definition) is 1. The molecule has 4 aromatic rings. The average molecular weight is 572 g/mol. The van der Waals surface area contributed by atoms with Gasteiger partial charge in [0.1, 0.15) is 5.82 Å². The quantitative estimate of drug-likeness (QED) is 0.372. The molecule has 6 rings (SSSR count). The van der Waals surface area contributed by atoms with Gasteiger partial charge in [-0.25, -0.2) is 18.4 Å². The molecule has 1 aromatic carbocycles. The predicted octanol–water partition coefficient (Wildman–Crippen LogP) is 4.52. The molecule has 1 N–H and O–H groups in total. The van der Waals surface area contributed by atoms with Crippen LogP contribution >= 0.6 is 0 Å². The zero-order valence-corrected chi connectivity index (χ0v) is 24.2. The van der Waals surface area contributed by atoms with E-state index in [-0.39, 0.29) is 41.2 Å². The average Bonchev–Trinajstić information content (AvgIpc) is 2.97. The van der Waals surface area contributed by atoms with Crippen molar-refractivity contribution in [1.82, 2.24) is 20.3 Å². The van der Waals surface area contributed by atoms with E-state index < -0.39 is 9.84 Å². The number of carbonyl (C=O) groups is 1. The Kier molecular flexibility index (Phi) is 7.21. The number of ether oxygens (including phenoxy) is 1. The van der Waals surface area contributed by atoms with Gasteiger partial charge in [0.05, 0.1) is 52.0 Å². The maximum absolute atomic E-state index is 12.9. The van der Waals surface area contributed by atoms with E-state index in [0.29, 0.717) is 17.7 Å². The van der Waals surface area contributed by atoms with Gasteiger partial charge in [-0.15, -0.1) is 0 Å². The Morgan fingerprint density at radius 2 is 1.78 bits per heavy atom. The van der Waals surface area contributed by atoms with E-state index in [2.05, 4.69) is 29.0 Å². The summed E-state index contributed by atoms with van der Waals surface area (Å²) in [5.74, 6) is 0.800. The minimum Gasteiger partial charge on any atom is -0.372 e. The van der Waals surface area contributed by atoms with Gasteiger partial charge in [0.2, 0.25) is 0 Å². The molecule has 5 heterocycles. The summed E-state index contributed by atoms with van der Waals surface area (Å²) in [7, 11) is -3.38. The van der Waals surface area contributed by atoms with Gasteiger partial charge in [-0.2, -0.15) is 0 Å². The number of rotatable bonds is 5. The lowest BCUT2D eigenvalue weighted by Gasteiger charge is -2.36. The molecule has 0 bridgehead atoms. The molecular weight excluding hydrogens is 538 g/mol. The summed E-state index contributed by atoms with van der Waals surface area (Å²) in [6.45, 7) is 7.91. The van der Waals surface area contributed by atoms with Gasteiger partial charge in [0, 0.05) is 30.2 Å². The van der Waals surface area contributed by atoms with E-state index in [1.807, 2.05) is 43.3 Å². The number of hydrogen-bond acceptors (Lipinski definition) is 8. The molecule has 1 saturated heterocycles. The molecule has 0 spiro atoms. The number of morpholine rings is 1. The van der Waals surface area contributed by atoms with Gasteiger partial charge >= 0.3 is 0 Å². The van der Waals surface area contributed by atoms with E-state index in [4.69, 9.17) is 14.7 Å². The Balaban J connectivity index is 1.20. The first-order chi connectivity index (χ1) is 19.7. The number of nitrogens with zero attached hydrogens (tertiary/aromatic N) is 4. The van der Waals surface area contributed by atoms with Crippen LogP contribution < -0.4 is 10.2 Å². The number of nitrogens with one attached hydrogen (secondary N) is 1. The molecule has 2 aliphatic rings. The highest BCUT2D eigenvalue weighted by Gasteiger charge is 2.29. The van der Waals surface area contributed by atoms with Gasteiger partial charge in [-0.05, 0) is 74.2 Å². The normalized spacial score (nSPS) is 21.8. The molecule has 41 heavy (non-hydrogen) atoms. The SMILES string of the molecule is C[C@@H]1CN(c2cccc(-c3ccc4cnc(CNC(=O)c5ccc6c(c5)S(=O)(=O)CC[C@@H]6C)cc4n3)n2)C[C@H](C)O1. The summed E-state index contributed by atoms with van der Waals surface area (Å²) in [5.41, 5.74) is 4.01. The van der Waals surface area contributed by atoms with Crippen LogP contribution in [0.4, 0.5) is 5.82 Å².